The number of rotatable bonds is 5. The van der Waals surface area contributed by atoms with Crippen molar-refractivity contribution in [3.8, 4) is 0 Å². The van der Waals surface area contributed by atoms with Gasteiger partial charge in [0.15, 0.2) is 0 Å². The highest BCUT2D eigenvalue weighted by Crippen LogP contribution is 2.16. The van der Waals surface area contributed by atoms with Crippen molar-refractivity contribution in [2.75, 3.05) is 11.9 Å². The molecule has 0 fully saturated rings. The molecule has 1 aromatic carbocycles. The number of amides is 1. The van der Waals surface area contributed by atoms with Crippen LogP contribution in [0.2, 0.25) is 0 Å². The molecule has 104 valence electrons. The molecule has 1 atom stereocenters. The van der Waals surface area contributed by atoms with E-state index in [4.69, 9.17) is 0 Å². The molecule has 0 aliphatic carbocycles. The Balaban J connectivity index is 2.02. The molecule has 0 spiro atoms. The first-order chi connectivity index (χ1) is 9.70. The molecular weight excluding hydrogens is 250 g/mol. The number of nitrogens with one attached hydrogen (secondary N) is 2. The highest BCUT2D eigenvalue weighted by Gasteiger charge is 2.07. The smallest absolute Gasteiger partial charge is 0.274 e. The number of aromatic nitrogens is 1. The third-order valence-electron chi connectivity index (χ3n) is 3.08. The molecule has 1 aromatic heterocycles. The second-order valence-electron chi connectivity index (χ2n) is 4.57. The number of nitrogens with zero attached hydrogens (tertiary/aromatic N) is 1. The topological polar surface area (TPSA) is 54.0 Å². The Kier molecular flexibility index (Phi) is 4.85. The number of pyridine rings is 1. The van der Waals surface area contributed by atoms with E-state index in [2.05, 4.69) is 29.5 Å². The molecular formula is C16H19N3O. The summed E-state index contributed by atoms with van der Waals surface area (Å²) < 4.78 is 0. The SMILES string of the molecule is CCNC(C)c1ccc(NC(=O)c2ccccn2)cc1. The summed E-state index contributed by atoms with van der Waals surface area (Å²) in [5, 5.41) is 6.19. The van der Waals surface area contributed by atoms with E-state index in [1.807, 2.05) is 24.3 Å². The van der Waals surface area contributed by atoms with Crippen LogP contribution >= 0.6 is 0 Å². The van der Waals surface area contributed by atoms with Crippen LogP contribution in [-0.4, -0.2) is 17.4 Å². The predicted molar refractivity (Wildman–Crippen MR) is 80.7 cm³/mol. The summed E-state index contributed by atoms with van der Waals surface area (Å²) in [7, 11) is 0. The quantitative estimate of drug-likeness (QED) is 0.877. The number of benzene rings is 1. The van der Waals surface area contributed by atoms with Gasteiger partial charge in [0.1, 0.15) is 5.69 Å². The van der Waals surface area contributed by atoms with E-state index < -0.39 is 0 Å². The summed E-state index contributed by atoms with van der Waals surface area (Å²) in [5.74, 6) is -0.196. The maximum atomic E-state index is 11.9. The number of hydrogen-bond acceptors (Lipinski definition) is 3. The molecule has 0 saturated heterocycles. The molecule has 1 amide bonds. The molecule has 1 unspecified atom stereocenters. The Labute approximate surface area is 119 Å². The van der Waals surface area contributed by atoms with Crippen molar-refractivity contribution >= 4 is 11.6 Å². The maximum absolute atomic E-state index is 11.9. The van der Waals surface area contributed by atoms with Crippen LogP contribution in [0.5, 0.6) is 0 Å². The van der Waals surface area contributed by atoms with Crippen molar-refractivity contribution in [2.45, 2.75) is 19.9 Å². The Morgan fingerprint density at radius 1 is 1.20 bits per heavy atom. The van der Waals surface area contributed by atoms with E-state index in [-0.39, 0.29) is 5.91 Å². The number of carbonyl (C=O) groups excluding carboxylic acids is 1. The highest BCUT2D eigenvalue weighted by atomic mass is 16.1. The lowest BCUT2D eigenvalue weighted by atomic mass is 10.1. The van der Waals surface area contributed by atoms with Crippen LogP contribution in [0.25, 0.3) is 0 Å². The van der Waals surface area contributed by atoms with Gasteiger partial charge in [0.05, 0.1) is 0 Å². The third kappa shape index (κ3) is 3.65. The van der Waals surface area contributed by atoms with Gasteiger partial charge in [0, 0.05) is 17.9 Å². The van der Waals surface area contributed by atoms with Gasteiger partial charge in [-0.15, -0.1) is 0 Å². The average Bonchev–Trinajstić information content (AvgIpc) is 2.49. The monoisotopic (exact) mass is 269 g/mol. The van der Waals surface area contributed by atoms with E-state index in [0.717, 1.165) is 12.2 Å². The summed E-state index contributed by atoms with van der Waals surface area (Å²) in [4.78, 5) is 16.0. The third-order valence-corrected chi connectivity index (χ3v) is 3.08. The zero-order valence-electron chi connectivity index (χ0n) is 11.8. The van der Waals surface area contributed by atoms with Crippen LogP contribution in [0.3, 0.4) is 0 Å². The lowest BCUT2D eigenvalue weighted by Crippen LogP contribution is -2.17. The van der Waals surface area contributed by atoms with Crippen LogP contribution in [-0.2, 0) is 0 Å². The van der Waals surface area contributed by atoms with Crippen LogP contribution in [0.15, 0.2) is 48.7 Å². The Morgan fingerprint density at radius 2 is 1.95 bits per heavy atom. The summed E-state index contributed by atoms with van der Waals surface area (Å²) >= 11 is 0. The molecule has 0 aliphatic heterocycles. The second-order valence-corrected chi connectivity index (χ2v) is 4.57. The molecule has 2 aromatic rings. The zero-order chi connectivity index (χ0) is 14.4. The van der Waals surface area contributed by atoms with Crippen molar-refractivity contribution in [1.29, 1.82) is 0 Å². The van der Waals surface area contributed by atoms with E-state index in [1.165, 1.54) is 5.56 Å². The van der Waals surface area contributed by atoms with Crippen LogP contribution in [0.1, 0.15) is 35.9 Å². The van der Waals surface area contributed by atoms with Gasteiger partial charge < -0.3 is 10.6 Å². The van der Waals surface area contributed by atoms with Gasteiger partial charge in [-0.25, -0.2) is 0 Å². The molecule has 2 rings (SSSR count). The lowest BCUT2D eigenvalue weighted by molar-refractivity contribution is 0.102. The van der Waals surface area contributed by atoms with Gasteiger partial charge in [-0.3, -0.25) is 9.78 Å². The maximum Gasteiger partial charge on any atom is 0.274 e. The van der Waals surface area contributed by atoms with E-state index in [9.17, 15) is 4.79 Å². The molecule has 0 saturated carbocycles. The molecule has 0 radical (unpaired) electrons. The Bertz CT molecular complexity index is 552. The first-order valence-corrected chi connectivity index (χ1v) is 6.76. The molecule has 2 N–H and O–H groups in total. The highest BCUT2D eigenvalue weighted by molar-refractivity contribution is 6.02. The van der Waals surface area contributed by atoms with Gasteiger partial charge in [-0.05, 0) is 43.3 Å². The van der Waals surface area contributed by atoms with Crippen molar-refractivity contribution in [1.82, 2.24) is 10.3 Å². The number of carbonyl (C=O) groups is 1. The number of anilines is 1. The largest absolute Gasteiger partial charge is 0.321 e. The molecule has 0 bridgehead atoms. The summed E-state index contributed by atoms with van der Waals surface area (Å²) in [6.45, 7) is 5.13. The molecule has 0 aliphatic rings. The Morgan fingerprint density at radius 3 is 2.55 bits per heavy atom. The molecule has 1 heterocycles. The van der Waals surface area contributed by atoms with Gasteiger partial charge in [-0.2, -0.15) is 0 Å². The van der Waals surface area contributed by atoms with E-state index >= 15 is 0 Å². The predicted octanol–water partition coefficient (Wildman–Crippen LogP) is 3.00. The number of hydrogen-bond donors (Lipinski definition) is 2. The first-order valence-electron chi connectivity index (χ1n) is 6.76. The van der Waals surface area contributed by atoms with Gasteiger partial charge >= 0.3 is 0 Å². The fourth-order valence-electron chi connectivity index (χ4n) is 1.97. The van der Waals surface area contributed by atoms with Crippen LogP contribution in [0, 0.1) is 0 Å². The van der Waals surface area contributed by atoms with Crippen LogP contribution < -0.4 is 10.6 Å². The minimum atomic E-state index is -0.196. The van der Waals surface area contributed by atoms with Crippen molar-refractivity contribution < 1.29 is 4.79 Å². The fourth-order valence-corrected chi connectivity index (χ4v) is 1.97. The minimum Gasteiger partial charge on any atom is -0.321 e. The second kappa shape index (κ2) is 6.82. The first kappa shape index (κ1) is 14.2. The molecule has 4 nitrogen and oxygen atoms in total. The van der Waals surface area contributed by atoms with Gasteiger partial charge in [0.2, 0.25) is 0 Å². The normalized spacial score (nSPS) is 11.9. The summed E-state index contributed by atoms with van der Waals surface area (Å²) in [6.07, 6.45) is 1.61. The average molecular weight is 269 g/mol. The van der Waals surface area contributed by atoms with Crippen molar-refractivity contribution in [3.05, 3.63) is 59.9 Å². The molecule has 4 heteroatoms. The summed E-state index contributed by atoms with van der Waals surface area (Å²) in [5.41, 5.74) is 2.38. The Hall–Kier alpha value is -2.20. The van der Waals surface area contributed by atoms with Gasteiger partial charge in [0.25, 0.3) is 5.91 Å². The standard InChI is InChI=1S/C16H19N3O/c1-3-17-12(2)13-7-9-14(10-8-13)19-16(20)15-6-4-5-11-18-15/h4-12,17H,3H2,1-2H3,(H,19,20). The van der Waals surface area contributed by atoms with E-state index in [1.54, 1.807) is 24.4 Å². The zero-order valence-corrected chi connectivity index (χ0v) is 11.8. The summed E-state index contributed by atoms with van der Waals surface area (Å²) in [6, 6.07) is 13.4. The van der Waals surface area contributed by atoms with Crippen molar-refractivity contribution in [2.24, 2.45) is 0 Å². The van der Waals surface area contributed by atoms with Gasteiger partial charge in [-0.1, -0.05) is 25.1 Å². The minimum absolute atomic E-state index is 0.196. The van der Waals surface area contributed by atoms with Crippen LogP contribution in [0.4, 0.5) is 5.69 Å². The van der Waals surface area contributed by atoms with E-state index in [0.29, 0.717) is 11.7 Å². The fraction of sp³-hybridized carbons (Fsp3) is 0.250. The molecule has 20 heavy (non-hydrogen) atoms. The van der Waals surface area contributed by atoms with Crippen molar-refractivity contribution in [3.63, 3.8) is 0 Å². The lowest BCUT2D eigenvalue weighted by Gasteiger charge is -2.13.